The number of amides is 1. The van der Waals surface area contributed by atoms with Crippen LogP contribution in [-0.2, 0) is 4.79 Å². The van der Waals surface area contributed by atoms with E-state index in [4.69, 9.17) is 5.11 Å². The summed E-state index contributed by atoms with van der Waals surface area (Å²) in [5.41, 5.74) is 0.554. The maximum Gasteiger partial charge on any atom is 0.288 e. The van der Waals surface area contributed by atoms with E-state index in [-0.39, 0.29) is 25.1 Å². The number of likely N-dealkylation sites (N-methyl/N-ethyl adjacent to an activating group) is 1. The predicted octanol–water partition coefficient (Wildman–Crippen LogP) is 2.25. The summed E-state index contributed by atoms with van der Waals surface area (Å²) in [7, 11) is 1.74. The molecule has 1 atom stereocenters. The molecule has 0 bridgehead atoms. The highest BCUT2D eigenvalue weighted by molar-refractivity contribution is 7.99. The van der Waals surface area contributed by atoms with E-state index >= 15 is 0 Å². The fourth-order valence-electron chi connectivity index (χ4n) is 1.44. The number of alkyl halides is 2. The van der Waals surface area contributed by atoms with Gasteiger partial charge in [0.15, 0.2) is 0 Å². The zero-order valence-electron chi connectivity index (χ0n) is 11.3. The first-order valence-corrected chi connectivity index (χ1v) is 6.96. The standard InChI is InChI=1S/C13H18F2N2O2S/c1-9(8-18)17(2)7-12(19)16-10-3-5-11(6-4-10)20-13(14)15/h3-6,9,13,18H,7-8H2,1-2H3,(H,16,19). The quantitative estimate of drug-likeness (QED) is 0.759. The van der Waals surface area contributed by atoms with Crippen LogP contribution in [-0.4, -0.2) is 47.9 Å². The first-order valence-electron chi connectivity index (χ1n) is 6.08. The van der Waals surface area contributed by atoms with Gasteiger partial charge in [-0.1, -0.05) is 11.8 Å². The molecule has 1 aromatic carbocycles. The molecule has 2 N–H and O–H groups in total. The fourth-order valence-corrected chi connectivity index (χ4v) is 1.94. The minimum Gasteiger partial charge on any atom is -0.395 e. The van der Waals surface area contributed by atoms with E-state index in [2.05, 4.69) is 5.32 Å². The average Bonchev–Trinajstić information content (AvgIpc) is 2.39. The van der Waals surface area contributed by atoms with Crippen molar-refractivity contribution in [1.29, 1.82) is 0 Å². The molecule has 1 rings (SSSR count). The number of nitrogens with one attached hydrogen (secondary N) is 1. The molecule has 1 unspecified atom stereocenters. The molecule has 112 valence electrons. The smallest absolute Gasteiger partial charge is 0.288 e. The first kappa shape index (κ1) is 16.9. The largest absolute Gasteiger partial charge is 0.395 e. The lowest BCUT2D eigenvalue weighted by Crippen LogP contribution is -2.38. The van der Waals surface area contributed by atoms with Crippen LogP contribution in [0.25, 0.3) is 0 Å². The minimum absolute atomic E-state index is 0.0245. The summed E-state index contributed by atoms with van der Waals surface area (Å²) in [6.07, 6.45) is 0. The molecule has 0 heterocycles. The highest BCUT2D eigenvalue weighted by atomic mass is 32.2. The van der Waals surface area contributed by atoms with Crippen molar-refractivity contribution in [3.8, 4) is 0 Å². The molecule has 0 aromatic heterocycles. The number of rotatable bonds is 7. The van der Waals surface area contributed by atoms with Crippen molar-refractivity contribution < 1.29 is 18.7 Å². The molecule has 1 amide bonds. The van der Waals surface area contributed by atoms with Crippen molar-refractivity contribution in [1.82, 2.24) is 4.90 Å². The second kappa shape index (κ2) is 8.18. The summed E-state index contributed by atoms with van der Waals surface area (Å²) < 4.78 is 24.3. The van der Waals surface area contributed by atoms with Crippen LogP contribution >= 0.6 is 11.8 Å². The highest BCUT2D eigenvalue weighted by Gasteiger charge is 2.12. The molecule has 0 radical (unpaired) electrons. The summed E-state index contributed by atoms with van der Waals surface area (Å²) in [5.74, 6) is -2.67. The molecule has 0 saturated heterocycles. The van der Waals surface area contributed by atoms with Crippen molar-refractivity contribution in [2.24, 2.45) is 0 Å². The van der Waals surface area contributed by atoms with Gasteiger partial charge in [0.05, 0.1) is 13.2 Å². The number of carbonyl (C=O) groups is 1. The normalized spacial score (nSPS) is 12.8. The van der Waals surface area contributed by atoms with E-state index in [9.17, 15) is 13.6 Å². The summed E-state index contributed by atoms with van der Waals surface area (Å²) >= 11 is 0.462. The van der Waals surface area contributed by atoms with Gasteiger partial charge in [-0.15, -0.1) is 0 Å². The van der Waals surface area contributed by atoms with Crippen LogP contribution in [0.15, 0.2) is 29.2 Å². The summed E-state index contributed by atoms with van der Waals surface area (Å²) in [5, 5.41) is 11.6. The van der Waals surface area contributed by atoms with Gasteiger partial charge in [-0.2, -0.15) is 8.78 Å². The molecule has 0 spiro atoms. The Balaban J connectivity index is 2.50. The van der Waals surface area contributed by atoms with Crippen LogP contribution < -0.4 is 5.32 Å². The SMILES string of the molecule is CC(CO)N(C)CC(=O)Nc1ccc(SC(F)F)cc1. The molecular weight excluding hydrogens is 286 g/mol. The van der Waals surface area contributed by atoms with Gasteiger partial charge in [0.25, 0.3) is 5.76 Å². The third kappa shape index (κ3) is 5.85. The molecule has 0 aliphatic carbocycles. The number of nitrogens with zero attached hydrogens (tertiary/aromatic N) is 1. The maximum absolute atomic E-state index is 12.2. The third-order valence-electron chi connectivity index (χ3n) is 2.77. The number of carbonyl (C=O) groups excluding carboxylic acids is 1. The van der Waals surface area contributed by atoms with Crippen LogP contribution in [0, 0.1) is 0 Å². The van der Waals surface area contributed by atoms with E-state index in [1.165, 1.54) is 12.1 Å². The molecule has 7 heteroatoms. The second-order valence-electron chi connectivity index (χ2n) is 4.40. The van der Waals surface area contributed by atoms with Crippen molar-refractivity contribution in [2.45, 2.75) is 23.6 Å². The van der Waals surface area contributed by atoms with Crippen LogP contribution in [0.4, 0.5) is 14.5 Å². The number of benzene rings is 1. The number of aliphatic hydroxyl groups excluding tert-OH is 1. The molecular formula is C13H18F2N2O2S. The monoisotopic (exact) mass is 304 g/mol. The van der Waals surface area contributed by atoms with Crippen molar-refractivity contribution in [2.75, 3.05) is 25.5 Å². The van der Waals surface area contributed by atoms with Crippen LogP contribution in [0.2, 0.25) is 0 Å². The lowest BCUT2D eigenvalue weighted by molar-refractivity contribution is -0.117. The second-order valence-corrected chi connectivity index (χ2v) is 5.46. The van der Waals surface area contributed by atoms with Crippen molar-refractivity contribution >= 4 is 23.4 Å². The Bertz CT molecular complexity index is 429. The van der Waals surface area contributed by atoms with Gasteiger partial charge in [-0.05, 0) is 38.2 Å². The Morgan fingerprint density at radius 1 is 1.40 bits per heavy atom. The van der Waals surface area contributed by atoms with Crippen molar-refractivity contribution in [3.05, 3.63) is 24.3 Å². The van der Waals surface area contributed by atoms with Crippen LogP contribution in [0.1, 0.15) is 6.92 Å². The van der Waals surface area contributed by atoms with Gasteiger partial charge in [-0.25, -0.2) is 0 Å². The van der Waals surface area contributed by atoms with E-state index in [0.29, 0.717) is 22.3 Å². The third-order valence-corrected chi connectivity index (χ3v) is 3.50. The van der Waals surface area contributed by atoms with Gasteiger partial charge < -0.3 is 10.4 Å². The summed E-state index contributed by atoms with van der Waals surface area (Å²) in [4.78, 5) is 13.9. The Morgan fingerprint density at radius 2 is 2.00 bits per heavy atom. The van der Waals surface area contributed by atoms with Crippen LogP contribution in [0.5, 0.6) is 0 Å². The molecule has 0 saturated carbocycles. The van der Waals surface area contributed by atoms with Gasteiger partial charge in [-0.3, -0.25) is 9.69 Å². The molecule has 20 heavy (non-hydrogen) atoms. The van der Waals surface area contributed by atoms with Gasteiger partial charge >= 0.3 is 0 Å². The minimum atomic E-state index is -2.45. The van der Waals surface area contributed by atoms with E-state index in [1.54, 1.807) is 24.1 Å². The summed E-state index contributed by atoms with van der Waals surface area (Å²) in [6.45, 7) is 1.93. The molecule has 4 nitrogen and oxygen atoms in total. The Hall–Kier alpha value is -1.18. The number of aliphatic hydroxyl groups is 1. The van der Waals surface area contributed by atoms with E-state index < -0.39 is 5.76 Å². The topological polar surface area (TPSA) is 52.6 Å². The van der Waals surface area contributed by atoms with E-state index in [1.807, 2.05) is 6.92 Å². The number of hydrogen-bond donors (Lipinski definition) is 2. The molecule has 0 aliphatic heterocycles. The zero-order valence-corrected chi connectivity index (χ0v) is 12.2. The Labute approximate surface area is 121 Å². The number of hydrogen-bond acceptors (Lipinski definition) is 4. The van der Waals surface area contributed by atoms with Gasteiger partial charge in [0.2, 0.25) is 5.91 Å². The van der Waals surface area contributed by atoms with Crippen molar-refractivity contribution in [3.63, 3.8) is 0 Å². The molecule has 1 aromatic rings. The predicted molar refractivity (Wildman–Crippen MR) is 76.1 cm³/mol. The number of halogens is 2. The first-order chi connectivity index (χ1) is 9.42. The van der Waals surface area contributed by atoms with Gasteiger partial charge in [0.1, 0.15) is 0 Å². The summed E-state index contributed by atoms with van der Waals surface area (Å²) in [6, 6.07) is 6.13. The van der Waals surface area contributed by atoms with Crippen LogP contribution in [0.3, 0.4) is 0 Å². The lowest BCUT2D eigenvalue weighted by atomic mass is 10.3. The average molecular weight is 304 g/mol. The number of anilines is 1. The Kier molecular flexibility index (Phi) is 6.90. The molecule has 0 fully saturated rings. The highest BCUT2D eigenvalue weighted by Crippen LogP contribution is 2.26. The zero-order chi connectivity index (χ0) is 15.1. The maximum atomic E-state index is 12.2. The number of thioether (sulfide) groups is 1. The molecule has 0 aliphatic rings. The van der Waals surface area contributed by atoms with E-state index in [0.717, 1.165) is 0 Å². The fraction of sp³-hybridized carbons (Fsp3) is 0.462. The van der Waals surface area contributed by atoms with Gasteiger partial charge in [0, 0.05) is 16.6 Å². The lowest BCUT2D eigenvalue weighted by Gasteiger charge is -2.21. The Morgan fingerprint density at radius 3 is 2.50 bits per heavy atom.